The monoisotopic (exact) mass is 194 g/mol. The topological polar surface area (TPSA) is 38.7 Å². The SMILES string of the molecule is Cc1c(CCO)ccc2c1OCCO2. The number of rotatable bonds is 2. The molecule has 1 aromatic carbocycles. The molecule has 0 atom stereocenters. The number of aliphatic hydroxyl groups is 1. The van der Waals surface area contributed by atoms with Crippen LogP contribution in [-0.2, 0) is 6.42 Å². The lowest BCUT2D eigenvalue weighted by atomic mass is 10.0. The number of hydrogen-bond acceptors (Lipinski definition) is 3. The van der Waals surface area contributed by atoms with Crippen molar-refractivity contribution in [2.45, 2.75) is 13.3 Å². The molecule has 1 aliphatic heterocycles. The van der Waals surface area contributed by atoms with Crippen LogP contribution < -0.4 is 9.47 Å². The van der Waals surface area contributed by atoms with Gasteiger partial charge in [0.15, 0.2) is 11.5 Å². The summed E-state index contributed by atoms with van der Waals surface area (Å²) in [7, 11) is 0. The van der Waals surface area contributed by atoms with Gasteiger partial charge in [-0.2, -0.15) is 0 Å². The Balaban J connectivity index is 2.38. The van der Waals surface area contributed by atoms with E-state index in [1.165, 1.54) is 0 Å². The molecule has 0 saturated heterocycles. The van der Waals surface area contributed by atoms with E-state index in [0.717, 1.165) is 22.6 Å². The minimum Gasteiger partial charge on any atom is -0.486 e. The van der Waals surface area contributed by atoms with E-state index in [1.807, 2.05) is 19.1 Å². The van der Waals surface area contributed by atoms with E-state index < -0.39 is 0 Å². The molecule has 76 valence electrons. The predicted octanol–water partition coefficient (Wildman–Crippen LogP) is 1.30. The average Bonchev–Trinajstić information content (AvgIpc) is 2.23. The summed E-state index contributed by atoms with van der Waals surface area (Å²) in [5.41, 5.74) is 2.20. The highest BCUT2D eigenvalue weighted by atomic mass is 16.6. The van der Waals surface area contributed by atoms with Gasteiger partial charge in [0.1, 0.15) is 13.2 Å². The van der Waals surface area contributed by atoms with Crippen LogP contribution in [0.25, 0.3) is 0 Å². The maximum Gasteiger partial charge on any atom is 0.164 e. The van der Waals surface area contributed by atoms with Gasteiger partial charge in [-0.25, -0.2) is 0 Å². The first-order valence-corrected chi connectivity index (χ1v) is 4.82. The van der Waals surface area contributed by atoms with Gasteiger partial charge in [0.05, 0.1) is 0 Å². The van der Waals surface area contributed by atoms with Crippen LogP contribution in [0, 0.1) is 6.92 Å². The van der Waals surface area contributed by atoms with Gasteiger partial charge >= 0.3 is 0 Å². The summed E-state index contributed by atoms with van der Waals surface area (Å²) >= 11 is 0. The second kappa shape index (κ2) is 3.88. The van der Waals surface area contributed by atoms with Crippen molar-refractivity contribution in [1.82, 2.24) is 0 Å². The molecule has 0 radical (unpaired) electrons. The molecule has 0 saturated carbocycles. The third kappa shape index (κ3) is 1.55. The summed E-state index contributed by atoms with van der Waals surface area (Å²) in [5, 5.41) is 8.88. The van der Waals surface area contributed by atoms with Gasteiger partial charge in [0.2, 0.25) is 0 Å². The summed E-state index contributed by atoms with van der Waals surface area (Å²) in [5.74, 6) is 1.65. The summed E-state index contributed by atoms with van der Waals surface area (Å²) in [6.07, 6.45) is 0.669. The number of fused-ring (bicyclic) bond motifs is 1. The van der Waals surface area contributed by atoms with Crippen molar-refractivity contribution in [3.63, 3.8) is 0 Å². The van der Waals surface area contributed by atoms with Crippen molar-refractivity contribution < 1.29 is 14.6 Å². The standard InChI is InChI=1S/C11H14O3/c1-8-9(4-5-12)2-3-10-11(8)14-7-6-13-10/h2-3,12H,4-7H2,1H3. The van der Waals surface area contributed by atoms with E-state index in [9.17, 15) is 0 Å². The summed E-state index contributed by atoms with van der Waals surface area (Å²) in [4.78, 5) is 0. The molecular weight excluding hydrogens is 180 g/mol. The van der Waals surface area contributed by atoms with Gasteiger partial charge in [-0.3, -0.25) is 0 Å². The van der Waals surface area contributed by atoms with Gasteiger partial charge in [0.25, 0.3) is 0 Å². The minimum atomic E-state index is 0.167. The molecule has 0 bridgehead atoms. The highest BCUT2D eigenvalue weighted by Crippen LogP contribution is 2.35. The molecule has 1 aromatic rings. The van der Waals surface area contributed by atoms with E-state index in [-0.39, 0.29) is 6.61 Å². The fraction of sp³-hybridized carbons (Fsp3) is 0.455. The molecule has 1 heterocycles. The maximum atomic E-state index is 8.88. The minimum absolute atomic E-state index is 0.167. The van der Waals surface area contributed by atoms with E-state index >= 15 is 0 Å². The molecule has 0 unspecified atom stereocenters. The Morgan fingerprint density at radius 3 is 2.86 bits per heavy atom. The van der Waals surface area contributed by atoms with Crippen LogP contribution in [0.3, 0.4) is 0 Å². The average molecular weight is 194 g/mol. The fourth-order valence-electron chi connectivity index (χ4n) is 1.69. The van der Waals surface area contributed by atoms with Crippen molar-refractivity contribution >= 4 is 0 Å². The van der Waals surface area contributed by atoms with Gasteiger partial charge in [-0.05, 0) is 30.5 Å². The zero-order valence-electron chi connectivity index (χ0n) is 8.25. The highest BCUT2D eigenvalue weighted by molar-refractivity contribution is 5.50. The first-order chi connectivity index (χ1) is 6.83. The molecular formula is C11H14O3. The largest absolute Gasteiger partial charge is 0.486 e. The number of ether oxygens (including phenoxy) is 2. The van der Waals surface area contributed by atoms with E-state index in [2.05, 4.69) is 0 Å². The Kier molecular flexibility index (Phi) is 2.59. The Labute approximate surface area is 83.3 Å². The molecule has 0 aliphatic carbocycles. The molecule has 1 aliphatic rings. The quantitative estimate of drug-likeness (QED) is 0.771. The van der Waals surface area contributed by atoms with Crippen molar-refractivity contribution in [3.05, 3.63) is 23.3 Å². The Morgan fingerprint density at radius 1 is 1.29 bits per heavy atom. The molecule has 0 amide bonds. The van der Waals surface area contributed by atoms with Gasteiger partial charge in [0, 0.05) is 6.61 Å². The van der Waals surface area contributed by atoms with Crippen LogP contribution in [0.5, 0.6) is 11.5 Å². The van der Waals surface area contributed by atoms with Crippen LogP contribution in [0.2, 0.25) is 0 Å². The zero-order chi connectivity index (χ0) is 9.97. The molecule has 0 aromatic heterocycles. The third-order valence-corrected chi connectivity index (χ3v) is 2.45. The van der Waals surface area contributed by atoms with Crippen molar-refractivity contribution in [2.75, 3.05) is 19.8 Å². The lowest BCUT2D eigenvalue weighted by Crippen LogP contribution is -2.16. The lowest BCUT2D eigenvalue weighted by Gasteiger charge is -2.21. The van der Waals surface area contributed by atoms with Crippen molar-refractivity contribution in [3.8, 4) is 11.5 Å². The zero-order valence-corrected chi connectivity index (χ0v) is 8.25. The maximum absolute atomic E-state index is 8.88. The summed E-state index contributed by atoms with van der Waals surface area (Å²) in [6, 6.07) is 3.89. The second-order valence-corrected chi connectivity index (χ2v) is 3.35. The van der Waals surface area contributed by atoms with Gasteiger partial charge < -0.3 is 14.6 Å². The normalized spacial score (nSPS) is 14.1. The van der Waals surface area contributed by atoms with Crippen LogP contribution in [-0.4, -0.2) is 24.9 Å². The van der Waals surface area contributed by atoms with Crippen LogP contribution in [0.4, 0.5) is 0 Å². The third-order valence-electron chi connectivity index (χ3n) is 2.45. The summed E-state index contributed by atoms with van der Waals surface area (Å²) in [6.45, 7) is 3.39. The number of aliphatic hydroxyl groups excluding tert-OH is 1. The van der Waals surface area contributed by atoms with Crippen LogP contribution >= 0.6 is 0 Å². The highest BCUT2D eigenvalue weighted by Gasteiger charge is 2.15. The lowest BCUT2D eigenvalue weighted by molar-refractivity contribution is 0.170. The Morgan fingerprint density at radius 2 is 2.07 bits per heavy atom. The Hall–Kier alpha value is -1.22. The number of benzene rings is 1. The molecule has 3 heteroatoms. The van der Waals surface area contributed by atoms with Crippen LogP contribution in [0.15, 0.2) is 12.1 Å². The van der Waals surface area contributed by atoms with Gasteiger partial charge in [-0.15, -0.1) is 0 Å². The summed E-state index contributed by atoms with van der Waals surface area (Å²) < 4.78 is 11.0. The molecule has 14 heavy (non-hydrogen) atoms. The van der Waals surface area contributed by atoms with Crippen LogP contribution in [0.1, 0.15) is 11.1 Å². The first-order valence-electron chi connectivity index (χ1n) is 4.82. The molecule has 2 rings (SSSR count). The molecule has 1 N–H and O–H groups in total. The smallest absolute Gasteiger partial charge is 0.164 e. The van der Waals surface area contributed by atoms with Crippen molar-refractivity contribution in [2.24, 2.45) is 0 Å². The fourth-order valence-corrected chi connectivity index (χ4v) is 1.69. The predicted molar refractivity (Wildman–Crippen MR) is 53.0 cm³/mol. The van der Waals surface area contributed by atoms with E-state index in [1.54, 1.807) is 0 Å². The van der Waals surface area contributed by atoms with E-state index in [4.69, 9.17) is 14.6 Å². The first kappa shape index (κ1) is 9.34. The van der Waals surface area contributed by atoms with Gasteiger partial charge in [-0.1, -0.05) is 6.07 Å². The number of hydrogen-bond donors (Lipinski definition) is 1. The molecule has 0 spiro atoms. The second-order valence-electron chi connectivity index (χ2n) is 3.35. The molecule has 0 fully saturated rings. The van der Waals surface area contributed by atoms with Crippen molar-refractivity contribution in [1.29, 1.82) is 0 Å². The molecule has 3 nitrogen and oxygen atoms in total. The Bertz CT molecular complexity index is 334. The van der Waals surface area contributed by atoms with E-state index in [0.29, 0.717) is 19.6 Å².